The molecule has 0 aliphatic heterocycles. The molecule has 2 N–H and O–H groups in total. The molecule has 6 heteroatoms. The van der Waals surface area contributed by atoms with Gasteiger partial charge in [-0.25, -0.2) is 0 Å². The van der Waals surface area contributed by atoms with Crippen LogP contribution >= 0.6 is 11.3 Å². The van der Waals surface area contributed by atoms with Crippen LogP contribution in [0.25, 0.3) is 0 Å². The van der Waals surface area contributed by atoms with Crippen molar-refractivity contribution in [1.82, 2.24) is 5.32 Å². The molecule has 1 heterocycles. The zero-order valence-electron chi connectivity index (χ0n) is 17.4. The molecule has 0 aliphatic rings. The van der Waals surface area contributed by atoms with Crippen LogP contribution in [-0.4, -0.2) is 23.5 Å². The van der Waals surface area contributed by atoms with Gasteiger partial charge in [-0.3, -0.25) is 9.59 Å². The van der Waals surface area contributed by atoms with Gasteiger partial charge < -0.3 is 15.2 Å². The van der Waals surface area contributed by atoms with Gasteiger partial charge in [0, 0.05) is 11.4 Å². The number of aliphatic carboxylic acids is 1. The molecular weight excluding hydrogens is 386 g/mol. The van der Waals surface area contributed by atoms with Crippen molar-refractivity contribution in [3.63, 3.8) is 0 Å². The molecule has 0 fully saturated rings. The molecule has 0 radical (unpaired) electrons. The Morgan fingerprint density at radius 1 is 1.38 bits per heavy atom. The number of carbonyl (C=O) groups excluding carboxylic acids is 1. The van der Waals surface area contributed by atoms with Crippen LogP contribution in [0.4, 0.5) is 0 Å². The summed E-state index contributed by atoms with van der Waals surface area (Å²) < 4.78 is 6.09. The van der Waals surface area contributed by atoms with Crippen molar-refractivity contribution in [3.8, 4) is 12.3 Å². The maximum Gasteiger partial charge on any atom is 0.305 e. The Morgan fingerprint density at radius 3 is 2.72 bits per heavy atom. The topological polar surface area (TPSA) is 75.6 Å². The van der Waals surface area contributed by atoms with Gasteiger partial charge in [0.1, 0.15) is 11.9 Å². The van der Waals surface area contributed by atoms with Gasteiger partial charge in [0.25, 0.3) is 5.91 Å². The summed E-state index contributed by atoms with van der Waals surface area (Å²) in [5.74, 6) is 2.29. The van der Waals surface area contributed by atoms with Crippen LogP contribution in [0, 0.1) is 18.3 Å². The third kappa shape index (κ3) is 8.84. The van der Waals surface area contributed by atoms with E-state index in [2.05, 4.69) is 18.2 Å². The quantitative estimate of drug-likeness (QED) is 0.300. The summed E-state index contributed by atoms with van der Waals surface area (Å²) in [4.78, 5) is 24.1. The number of carboxylic acid groups (broad SMARTS) is 1. The van der Waals surface area contributed by atoms with Crippen LogP contribution < -0.4 is 5.32 Å². The first-order chi connectivity index (χ1) is 13.8. The number of hydrogen-bond acceptors (Lipinski definition) is 4. The molecule has 1 amide bonds. The maximum absolute atomic E-state index is 12.1. The number of ether oxygens (including phenoxy) is 1. The molecule has 156 valence electrons. The molecule has 0 saturated heterocycles. The normalized spacial score (nSPS) is 14.3. The number of rotatable bonds is 11. The van der Waals surface area contributed by atoms with Crippen LogP contribution in [0.5, 0.6) is 0 Å². The van der Waals surface area contributed by atoms with Gasteiger partial charge in [-0.15, -0.1) is 17.8 Å². The summed E-state index contributed by atoms with van der Waals surface area (Å²) in [6, 6.07) is 3.59. The minimum Gasteiger partial charge on any atom is -0.486 e. The second-order valence-corrected chi connectivity index (χ2v) is 7.69. The van der Waals surface area contributed by atoms with Crippen LogP contribution in [0.3, 0.4) is 0 Å². The van der Waals surface area contributed by atoms with Gasteiger partial charge in [-0.2, -0.15) is 0 Å². The molecule has 0 bridgehead atoms. The van der Waals surface area contributed by atoms with E-state index in [9.17, 15) is 9.59 Å². The van der Waals surface area contributed by atoms with Gasteiger partial charge in [-0.05, 0) is 56.5 Å². The highest BCUT2D eigenvalue weighted by molar-refractivity contribution is 7.14. The summed E-state index contributed by atoms with van der Waals surface area (Å²) in [7, 11) is 0. The predicted octanol–water partition coefficient (Wildman–Crippen LogP) is 5.10. The number of carbonyl (C=O) groups is 2. The smallest absolute Gasteiger partial charge is 0.305 e. The van der Waals surface area contributed by atoms with E-state index in [-0.39, 0.29) is 30.9 Å². The Hall–Kier alpha value is -2.78. The lowest BCUT2D eigenvalue weighted by Crippen LogP contribution is -2.25. The first-order valence-corrected chi connectivity index (χ1v) is 10.4. The zero-order chi connectivity index (χ0) is 21.8. The third-order valence-corrected chi connectivity index (χ3v) is 5.42. The number of amides is 1. The molecule has 1 aromatic heterocycles. The predicted molar refractivity (Wildman–Crippen MR) is 118 cm³/mol. The Labute approximate surface area is 177 Å². The van der Waals surface area contributed by atoms with Gasteiger partial charge in [-0.1, -0.05) is 31.4 Å². The monoisotopic (exact) mass is 415 g/mol. The molecule has 0 aromatic carbocycles. The lowest BCUT2D eigenvalue weighted by atomic mass is 10.0. The molecule has 0 saturated carbocycles. The van der Waals surface area contributed by atoms with E-state index in [0.29, 0.717) is 4.88 Å². The lowest BCUT2D eigenvalue weighted by Gasteiger charge is -2.15. The van der Waals surface area contributed by atoms with Crippen LogP contribution in [0.1, 0.15) is 61.2 Å². The summed E-state index contributed by atoms with van der Waals surface area (Å²) in [5.41, 5.74) is 1.10. The molecule has 2 unspecified atom stereocenters. The van der Waals surface area contributed by atoms with Gasteiger partial charge in [0.2, 0.25) is 0 Å². The van der Waals surface area contributed by atoms with Crippen molar-refractivity contribution in [1.29, 1.82) is 0 Å². The molecule has 0 aliphatic carbocycles. The number of nitrogens with one attached hydrogen (secondary N) is 1. The number of carboxylic acids is 1. The molecule has 1 aromatic rings. The van der Waals surface area contributed by atoms with E-state index in [0.717, 1.165) is 22.6 Å². The second kappa shape index (κ2) is 12.6. The fourth-order valence-corrected chi connectivity index (χ4v) is 3.24. The fourth-order valence-electron chi connectivity index (χ4n) is 2.34. The molecule has 1 rings (SSSR count). The molecule has 2 atom stereocenters. The molecule has 5 nitrogen and oxygen atoms in total. The first kappa shape index (κ1) is 24.3. The van der Waals surface area contributed by atoms with E-state index < -0.39 is 5.97 Å². The van der Waals surface area contributed by atoms with Crippen LogP contribution in [0.15, 0.2) is 47.8 Å². The van der Waals surface area contributed by atoms with Gasteiger partial charge in [0.05, 0.1) is 11.3 Å². The molecular formula is C23H29NO4S. The van der Waals surface area contributed by atoms with Crippen molar-refractivity contribution in [2.75, 3.05) is 6.54 Å². The summed E-state index contributed by atoms with van der Waals surface area (Å²) in [6.07, 6.45) is 13.6. The maximum atomic E-state index is 12.1. The number of hydrogen-bond donors (Lipinski definition) is 2. The summed E-state index contributed by atoms with van der Waals surface area (Å²) in [6.45, 7) is 8.15. The zero-order valence-corrected chi connectivity index (χ0v) is 18.2. The first-order valence-electron chi connectivity index (χ1n) is 9.56. The van der Waals surface area contributed by atoms with Crippen LogP contribution in [0.2, 0.25) is 0 Å². The third-order valence-electron chi connectivity index (χ3n) is 4.17. The average molecular weight is 416 g/mol. The molecule has 0 spiro atoms. The van der Waals surface area contributed by atoms with E-state index >= 15 is 0 Å². The summed E-state index contributed by atoms with van der Waals surface area (Å²) >= 11 is 1.34. The highest BCUT2D eigenvalue weighted by Gasteiger charge is 2.15. The number of allylic oxidation sites excluding steroid dienone is 5. The van der Waals surface area contributed by atoms with Crippen LogP contribution in [-0.2, 0) is 9.53 Å². The van der Waals surface area contributed by atoms with Crippen molar-refractivity contribution in [2.24, 2.45) is 5.92 Å². The van der Waals surface area contributed by atoms with E-state index in [1.165, 1.54) is 11.3 Å². The lowest BCUT2D eigenvalue weighted by molar-refractivity contribution is -0.136. The Balaban J connectivity index is 2.76. The Kier molecular flexibility index (Phi) is 10.6. The second-order valence-electron chi connectivity index (χ2n) is 6.58. The van der Waals surface area contributed by atoms with Gasteiger partial charge in [0.15, 0.2) is 0 Å². The highest BCUT2D eigenvalue weighted by Crippen LogP contribution is 2.28. The van der Waals surface area contributed by atoms with Crippen molar-refractivity contribution in [3.05, 3.63) is 57.5 Å². The SMILES string of the molecule is C#C/C=C(\C)C(C)/C=C\C(=C/CC)OC(C)c1ccc(C(=O)NCCC(=O)O)s1. The standard InChI is InChI=1S/C23H29NO4S/c1-6-8-16(3)17(4)10-11-19(9-7-2)28-18(5)20-12-13-21(29-20)23(27)24-15-14-22(25)26/h1,8-13,17-18H,7,14-15H2,2-5H3,(H,24,27)(H,25,26)/b11-10-,16-8+,19-9+. The van der Waals surface area contributed by atoms with Gasteiger partial charge >= 0.3 is 5.97 Å². The minimum absolute atomic E-state index is 0.102. The summed E-state index contributed by atoms with van der Waals surface area (Å²) in [5, 5.41) is 11.3. The molecule has 29 heavy (non-hydrogen) atoms. The van der Waals surface area contributed by atoms with Crippen molar-refractivity contribution >= 4 is 23.2 Å². The van der Waals surface area contributed by atoms with Crippen molar-refractivity contribution in [2.45, 2.75) is 46.6 Å². The Bertz CT molecular complexity index is 826. The largest absolute Gasteiger partial charge is 0.486 e. The highest BCUT2D eigenvalue weighted by atomic mass is 32.1. The number of thiophene rings is 1. The fraction of sp³-hybridized carbons (Fsp3) is 0.391. The Morgan fingerprint density at radius 2 is 2.10 bits per heavy atom. The number of terminal acetylenes is 1. The van der Waals surface area contributed by atoms with E-state index in [1.807, 2.05) is 45.1 Å². The minimum atomic E-state index is -0.943. The van der Waals surface area contributed by atoms with Crippen molar-refractivity contribution < 1.29 is 19.4 Å². The average Bonchev–Trinajstić information content (AvgIpc) is 3.16. The van der Waals surface area contributed by atoms with E-state index in [1.54, 1.807) is 12.1 Å². The van der Waals surface area contributed by atoms with E-state index in [4.69, 9.17) is 16.3 Å².